The Bertz CT molecular complexity index is 1080. The van der Waals surface area contributed by atoms with Crippen molar-refractivity contribution in [1.82, 2.24) is 24.6 Å². The summed E-state index contributed by atoms with van der Waals surface area (Å²) in [7, 11) is 0. The smallest absolute Gasteiger partial charge is 0.274 e. The molecule has 29 heavy (non-hydrogen) atoms. The van der Waals surface area contributed by atoms with Crippen LogP contribution in [-0.4, -0.2) is 60.1 Å². The van der Waals surface area contributed by atoms with Gasteiger partial charge in [0.1, 0.15) is 5.69 Å². The van der Waals surface area contributed by atoms with Crippen LogP contribution in [0.3, 0.4) is 0 Å². The van der Waals surface area contributed by atoms with E-state index >= 15 is 0 Å². The van der Waals surface area contributed by atoms with Gasteiger partial charge < -0.3 is 20.4 Å². The number of aromatic nitrogens is 3. The fraction of sp³-hybridized carbons (Fsp3) is 0.350. The molecule has 5 rings (SSSR count). The van der Waals surface area contributed by atoms with E-state index in [1.807, 2.05) is 12.1 Å². The molecule has 1 saturated heterocycles. The molecule has 2 aliphatic heterocycles. The topological polar surface area (TPSA) is 103 Å². The zero-order valence-electron chi connectivity index (χ0n) is 15.5. The lowest BCUT2D eigenvalue weighted by Gasteiger charge is -2.48. The Morgan fingerprint density at radius 2 is 2.03 bits per heavy atom. The van der Waals surface area contributed by atoms with Crippen molar-refractivity contribution >= 4 is 27.6 Å². The van der Waals surface area contributed by atoms with E-state index in [2.05, 4.69) is 43.3 Å². The first-order chi connectivity index (χ1) is 13.9. The Morgan fingerprint density at radius 1 is 1.24 bits per heavy atom. The molecule has 2 aromatic heterocycles. The minimum atomic E-state index is -0.679. The van der Waals surface area contributed by atoms with Crippen LogP contribution < -0.4 is 5.32 Å². The van der Waals surface area contributed by atoms with Crippen LogP contribution >= 0.6 is 15.9 Å². The summed E-state index contributed by atoms with van der Waals surface area (Å²) in [6.07, 6.45) is 3.91. The van der Waals surface area contributed by atoms with Gasteiger partial charge in [-0.1, -0.05) is 24.3 Å². The molecule has 0 aliphatic carbocycles. The summed E-state index contributed by atoms with van der Waals surface area (Å²) in [4.78, 5) is 22.8. The monoisotopic (exact) mass is 457 g/mol. The Kier molecular flexibility index (Phi) is 4.34. The number of β-amino-alcohol motifs (C(OH)–C–C–N with tert-alkyl or cyclic N) is 1. The van der Waals surface area contributed by atoms with Crippen molar-refractivity contribution in [3.63, 3.8) is 0 Å². The molecule has 4 heterocycles. The number of carbonyl (C=O) groups is 1. The molecule has 2 unspecified atom stereocenters. The number of halogens is 1. The molecule has 2 aliphatic rings. The molecule has 1 aromatic carbocycles. The highest BCUT2D eigenvalue weighted by Crippen LogP contribution is 2.32. The quantitative estimate of drug-likeness (QED) is 0.511. The number of carbonyl (C=O) groups excluding carboxylic acids is 1. The van der Waals surface area contributed by atoms with Crippen LogP contribution in [0.1, 0.15) is 28.0 Å². The van der Waals surface area contributed by atoms with Crippen molar-refractivity contribution in [2.75, 3.05) is 13.1 Å². The third kappa shape index (κ3) is 3.09. The normalized spacial score (nSPS) is 24.1. The van der Waals surface area contributed by atoms with Crippen molar-refractivity contribution in [2.24, 2.45) is 0 Å². The van der Waals surface area contributed by atoms with E-state index in [9.17, 15) is 15.0 Å². The van der Waals surface area contributed by atoms with Gasteiger partial charge in [0, 0.05) is 32.0 Å². The van der Waals surface area contributed by atoms with Gasteiger partial charge in [-0.3, -0.25) is 9.20 Å². The first-order valence-electron chi connectivity index (χ1n) is 9.48. The van der Waals surface area contributed by atoms with Gasteiger partial charge in [0.15, 0.2) is 0 Å². The number of hydrogen-bond donors (Lipinski definition) is 3. The Balaban J connectivity index is 1.35. The molecule has 0 saturated carbocycles. The predicted molar refractivity (Wildman–Crippen MR) is 109 cm³/mol. The van der Waals surface area contributed by atoms with Gasteiger partial charge in [-0.15, -0.1) is 0 Å². The van der Waals surface area contributed by atoms with Gasteiger partial charge in [-0.2, -0.15) is 4.98 Å². The van der Waals surface area contributed by atoms with Crippen molar-refractivity contribution in [3.05, 3.63) is 58.0 Å². The van der Waals surface area contributed by atoms with Crippen LogP contribution in [0.15, 0.2) is 41.1 Å². The maximum atomic E-state index is 13.0. The number of aliphatic hydroxyl groups is 1. The lowest BCUT2D eigenvalue weighted by molar-refractivity contribution is -0.0140. The number of imidazole rings is 1. The number of aliphatic hydroxyl groups excluding tert-OH is 1. The van der Waals surface area contributed by atoms with Crippen LogP contribution in [-0.2, 0) is 13.0 Å². The molecule has 0 radical (unpaired) electrons. The number of piperidine rings is 1. The van der Waals surface area contributed by atoms with Crippen LogP contribution in [0.5, 0.6) is 5.88 Å². The maximum Gasteiger partial charge on any atom is 0.274 e. The molecule has 3 aromatic rings. The van der Waals surface area contributed by atoms with E-state index in [0.717, 1.165) is 13.0 Å². The highest BCUT2D eigenvalue weighted by Gasteiger charge is 2.45. The SMILES string of the molecule is O=C(c1cn2cc(Br)c(O)nc2n1)N1CCC2(Cc3ccccc3CN2)C(O)C1. The Labute approximate surface area is 175 Å². The van der Waals surface area contributed by atoms with Crippen LogP contribution in [0.2, 0.25) is 0 Å². The number of amides is 1. The Morgan fingerprint density at radius 3 is 2.83 bits per heavy atom. The average molecular weight is 458 g/mol. The minimum absolute atomic E-state index is 0.180. The zero-order valence-corrected chi connectivity index (χ0v) is 17.1. The zero-order chi connectivity index (χ0) is 20.2. The predicted octanol–water partition coefficient (Wildman–Crippen LogP) is 1.49. The molecule has 2 atom stereocenters. The van der Waals surface area contributed by atoms with Gasteiger partial charge in [-0.05, 0) is 39.9 Å². The molecular weight excluding hydrogens is 438 g/mol. The first kappa shape index (κ1) is 18.5. The van der Waals surface area contributed by atoms with Crippen LogP contribution in [0, 0.1) is 0 Å². The number of hydrogen-bond acceptors (Lipinski definition) is 6. The number of aromatic hydroxyl groups is 1. The second-order valence-electron chi connectivity index (χ2n) is 7.72. The number of nitrogens with one attached hydrogen (secondary N) is 1. The third-order valence-corrected chi connectivity index (χ3v) is 6.56. The maximum absolute atomic E-state index is 13.0. The summed E-state index contributed by atoms with van der Waals surface area (Å²) in [5.41, 5.74) is 2.33. The molecule has 1 fully saturated rings. The largest absolute Gasteiger partial charge is 0.492 e. The fourth-order valence-corrected chi connectivity index (χ4v) is 4.61. The molecule has 150 valence electrons. The number of fused-ring (bicyclic) bond motifs is 2. The summed E-state index contributed by atoms with van der Waals surface area (Å²) in [6.45, 7) is 1.49. The van der Waals surface area contributed by atoms with Crippen molar-refractivity contribution in [1.29, 1.82) is 0 Å². The summed E-state index contributed by atoms with van der Waals surface area (Å²) in [6, 6.07) is 8.27. The van der Waals surface area contributed by atoms with Gasteiger partial charge in [0.2, 0.25) is 11.7 Å². The standard InChI is InChI=1S/C20H20BrN5O3/c21-14-9-26-10-15(23-19(26)24-17(14)28)18(29)25-6-5-20(16(27)11-25)7-12-3-1-2-4-13(12)8-22-20/h1-4,9-10,16,22,27H,5-8,11H2,(H,23,24,28). The van der Waals surface area contributed by atoms with Crippen molar-refractivity contribution in [3.8, 4) is 5.88 Å². The molecule has 8 nitrogen and oxygen atoms in total. The second-order valence-corrected chi connectivity index (χ2v) is 8.57. The van der Waals surface area contributed by atoms with E-state index < -0.39 is 11.6 Å². The van der Waals surface area contributed by atoms with Gasteiger partial charge >= 0.3 is 0 Å². The number of likely N-dealkylation sites (tertiary alicyclic amines) is 1. The highest BCUT2D eigenvalue weighted by molar-refractivity contribution is 9.10. The average Bonchev–Trinajstić information content (AvgIpc) is 3.12. The molecule has 3 N–H and O–H groups in total. The molecule has 9 heteroatoms. The fourth-order valence-electron chi connectivity index (χ4n) is 4.30. The summed E-state index contributed by atoms with van der Waals surface area (Å²) in [5.74, 6) is -0.189. The van der Waals surface area contributed by atoms with Gasteiger partial charge in [0.25, 0.3) is 5.91 Å². The summed E-state index contributed by atoms with van der Waals surface area (Å²) in [5, 5.41) is 24.2. The van der Waals surface area contributed by atoms with Crippen LogP contribution in [0.25, 0.3) is 5.78 Å². The molecule has 1 spiro atoms. The van der Waals surface area contributed by atoms with E-state index in [-0.39, 0.29) is 29.8 Å². The second kappa shape index (κ2) is 6.79. The first-order valence-corrected chi connectivity index (χ1v) is 10.3. The van der Waals surface area contributed by atoms with E-state index in [1.54, 1.807) is 21.7 Å². The van der Waals surface area contributed by atoms with E-state index in [1.165, 1.54) is 11.1 Å². The third-order valence-electron chi connectivity index (χ3n) is 6.01. The lowest BCUT2D eigenvalue weighted by atomic mass is 9.76. The number of rotatable bonds is 1. The number of benzene rings is 1. The molecule has 1 amide bonds. The van der Waals surface area contributed by atoms with Gasteiger partial charge in [-0.25, -0.2) is 4.98 Å². The van der Waals surface area contributed by atoms with Crippen LogP contribution in [0.4, 0.5) is 0 Å². The van der Waals surface area contributed by atoms with Gasteiger partial charge in [0.05, 0.1) is 16.1 Å². The van der Waals surface area contributed by atoms with E-state index in [4.69, 9.17) is 0 Å². The van der Waals surface area contributed by atoms with Crippen molar-refractivity contribution in [2.45, 2.75) is 31.0 Å². The molecular formula is C20H20BrN5O3. The van der Waals surface area contributed by atoms with Crippen molar-refractivity contribution < 1.29 is 15.0 Å². The van der Waals surface area contributed by atoms with E-state index in [0.29, 0.717) is 17.4 Å². The highest BCUT2D eigenvalue weighted by atomic mass is 79.9. The lowest BCUT2D eigenvalue weighted by Crippen LogP contribution is -2.65. The summed E-state index contributed by atoms with van der Waals surface area (Å²) >= 11 is 3.20. The molecule has 0 bridgehead atoms. The number of nitrogens with zero attached hydrogens (tertiary/aromatic N) is 4. The summed E-state index contributed by atoms with van der Waals surface area (Å²) < 4.78 is 2.00. The minimum Gasteiger partial charge on any atom is -0.492 e. The Hall–Kier alpha value is -2.49.